The Hall–Kier alpha value is -2.60. The van der Waals surface area contributed by atoms with Crippen molar-refractivity contribution >= 4 is 23.1 Å². The largest absolute Gasteiger partial charge is 0.369 e. The van der Waals surface area contributed by atoms with Gasteiger partial charge in [-0.1, -0.05) is 0 Å². The van der Waals surface area contributed by atoms with Gasteiger partial charge in [0.1, 0.15) is 5.82 Å². The van der Waals surface area contributed by atoms with Gasteiger partial charge in [-0.25, -0.2) is 4.98 Å². The number of amides is 1. The van der Waals surface area contributed by atoms with Crippen molar-refractivity contribution in [2.45, 2.75) is 19.3 Å². The molecule has 148 valence electrons. The number of carbonyl (C=O) groups excluding carboxylic acids is 1. The standard InChI is InChI=1S/C22H29N5O/c1-25-13-15-26(16-14-25)20-8-6-19(7-9-20)24-21-10-5-18(17-23-21)22(28)27-11-3-2-4-12-27/h5-10,17H,2-4,11-16H2,1H3,(H,23,24). The summed E-state index contributed by atoms with van der Waals surface area (Å²) >= 11 is 0. The maximum atomic E-state index is 12.5. The molecule has 0 aliphatic carbocycles. The van der Waals surface area contributed by atoms with Gasteiger partial charge in [-0.2, -0.15) is 0 Å². The Bertz CT molecular complexity index is 776. The molecule has 0 bridgehead atoms. The molecule has 0 radical (unpaired) electrons. The number of nitrogens with zero attached hydrogens (tertiary/aromatic N) is 4. The van der Waals surface area contributed by atoms with E-state index >= 15 is 0 Å². The first-order valence-electron chi connectivity index (χ1n) is 10.2. The molecule has 0 atom stereocenters. The van der Waals surface area contributed by atoms with Crippen LogP contribution in [0.4, 0.5) is 17.2 Å². The van der Waals surface area contributed by atoms with Crippen molar-refractivity contribution in [2.75, 3.05) is 56.5 Å². The fraction of sp³-hybridized carbons (Fsp3) is 0.455. The average molecular weight is 380 g/mol. The van der Waals surface area contributed by atoms with Crippen LogP contribution in [0, 0.1) is 0 Å². The number of pyridine rings is 1. The van der Waals surface area contributed by atoms with Gasteiger partial charge >= 0.3 is 0 Å². The first-order chi connectivity index (χ1) is 13.7. The molecule has 1 N–H and O–H groups in total. The fourth-order valence-electron chi connectivity index (χ4n) is 3.84. The van der Waals surface area contributed by atoms with E-state index in [0.29, 0.717) is 5.56 Å². The molecule has 1 aromatic heterocycles. The van der Waals surface area contributed by atoms with E-state index in [2.05, 4.69) is 51.4 Å². The van der Waals surface area contributed by atoms with Crippen LogP contribution in [0.3, 0.4) is 0 Å². The van der Waals surface area contributed by atoms with Crippen LogP contribution in [-0.2, 0) is 0 Å². The molecule has 0 saturated carbocycles. The van der Waals surface area contributed by atoms with Gasteiger partial charge < -0.3 is 20.0 Å². The Morgan fingerprint density at radius 2 is 1.61 bits per heavy atom. The van der Waals surface area contributed by atoms with E-state index in [1.807, 2.05) is 17.0 Å². The molecule has 6 heteroatoms. The molecule has 2 aliphatic rings. The second-order valence-electron chi connectivity index (χ2n) is 7.75. The monoisotopic (exact) mass is 379 g/mol. The number of likely N-dealkylation sites (N-methyl/N-ethyl adjacent to an activating group) is 1. The maximum Gasteiger partial charge on any atom is 0.255 e. The highest BCUT2D eigenvalue weighted by Gasteiger charge is 2.18. The van der Waals surface area contributed by atoms with E-state index in [1.165, 1.54) is 12.1 Å². The lowest BCUT2D eigenvalue weighted by Gasteiger charge is -2.34. The molecule has 28 heavy (non-hydrogen) atoms. The number of hydrogen-bond donors (Lipinski definition) is 1. The van der Waals surface area contributed by atoms with Crippen LogP contribution < -0.4 is 10.2 Å². The van der Waals surface area contributed by atoms with Crippen LogP contribution in [0.2, 0.25) is 0 Å². The first kappa shape index (κ1) is 18.7. The molecule has 2 aliphatic heterocycles. The number of rotatable bonds is 4. The van der Waals surface area contributed by atoms with E-state index < -0.39 is 0 Å². The van der Waals surface area contributed by atoms with Gasteiger partial charge in [-0.3, -0.25) is 4.79 Å². The third-order valence-corrected chi connectivity index (χ3v) is 5.66. The fourth-order valence-corrected chi connectivity index (χ4v) is 3.84. The highest BCUT2D eigenvalue weighted by molar-refractivity contribution is 5.94. The van der Waals surface area contributed by atoms with Crippen molar-refractivity contribution in [3.05, 3.63) is 48.2 Å². The van der Waals surface area contributed by atoms with Crippen LogP contribution in [0.25, 0.3) is 0 Å². The number of benzene rings is 1. The van der Waals surface area contributed by atoms with E-state index in [-0.39, 0.29) is 5.91 Å². The second kappa shape index (κ2) is 8.61. The lowest BCUT2D eigenvalue weighted by atomic mass is 10.1. The Kier molecular flexibility index (Phi) is 5.76. The Morgan fingerprint density at radius 1 is 0.893 bits per heavy atom. The predicted octanol–water partition coefficient (Wildman–Crippen LogP) is 3.20. The zero-order valence-corrected chi connectivity index (χ0v) is 16.6. The number of carbonyl (C=O) groups is 1. The van der Waals surface area contributed by atoms with Crippen molar-refractivity contribution in [2.24, 2.45) is 0 Å². The molecule has 2 fully saturated rings. The Balaban J connectivity index is 1.35. The molecule has 3 heterocycles. The summed E-state index contributed by atoms with van der Waals surface area (Å²) in [4.78, 5) is 23.7. The molecule has 0 unspecified atom stereocenters. The summed E-state index contributed by atoms with van der Waals surface area (Å²) in [7, 11) is 2.17. The molecule has 2 aromatic rings. The van der Waals surface area contributed by atoms with Crippen molar-refractivity contribution in [1.82, 2.24) is 14.8 Å². The third-order valence-electron chi connectivity index (χ3n) is 5.66. The lowest BCUT2D eigenvalue weighted by Crippen LogP contribution is -2.44. The number of nitrogens with one attached hydrogen (secondary N) is 1. The number of piperazine rings is 1. The molecule has 1 aromatic carbocycles. The topological polar surface area (TPSA) is 51.7 Å². The minimum absolute atomic E-state index is 0.0929. The average Bonchev–Trinajstić information content (AvgIpc) is 2.76. The summed E-state index contributed by atoms with van der Waals surface area (Å²) < 4.78 is 0. The van der Waals surface area contributed by atoms with E-state index in [1.54, 1.807) is 6.20 Å². The normalized spacial score (nSPS) is 18.2. The lowest BCUT2D eigenvalue weighted by molar-refractivity contribution is 0.0724. The number of anilines is 3. The quantitative estimate of drug-likeness (QED) is 0.884. The summed E-state index contributed by atoms with van der Waals surface area (Å²) in [5.74, 6) is 0.845. The smallest absolute Gasteiger partial charge is 0.255 e. The first-order valence-corrected chi connectivity index (χ1v) is 10.2. The van der Waals surface area contributed by atoms with Crippen LogP contribution >= 0.6 is 0 Å². The maximum absolute atomic E-state index is 12.5. The minimum Gasteiger partial charge on any atom is -0.369 e. The molecule has 1 amide bonds. The zero-order valence-electron chi connectivity index (χ0n) is 16.6. The molecule has 2 saturated heterocycles. The molecular weight excluding hydrogens is 350 g/mol. The summed E-state index contributed by atoms with van der Waals surface area (Å²) in [5, 5.41) is 3.32. The van der Waals surface area contributed by atoms with Gasteiger partial charge in [0.05, 0.1) is 5.56 Å². The SMILES string of the molecule is CN1CCN(c2ccc(Nc3ccc(C(=O)N4CCCCC4)cn3)cc2)CC1. The van der Waals surface area contributed by atoms with Crippen molar-refractivity contribution in [3.63, 3.8) is 0 Å². The van der Waals surface area contributed by atoms with Crippen LogP contribution in [-0.4, -0.2) is 67.0 Å². The molecule has 4 rings (SSSR count). The van der Waals surface area contributed by atoms with Crippen LogP contribution in [0.1, 0.15) is 29.6 Å². The van der Waals surface area contributed by atoms with Crippen molar-refractivity contribution < 1.29 is 4.79 Å². The highest BCUT2D eigenvalue weighted by atomic mass is 16.2. The van der Waals surface area contributed by atoms with Gasteiger partial charge in [0.25, 0.3) is 5.91 Å². The van der Waals surface area contributed by atoms with Crippen LogP contribution in [0.15, 0.2) is 42.6 Å². The predicted molar refractivity (Wildman–Crippen MR) is 113 cm³/mol. The van der Waals surface area contributed by atoms with Gasteiger partial charge in [-0.15, -0.1) is 0 Å². The van der Waals surface area contributed by atoms with E-state index in [4.69, 9.17) is 0 Å². The number of piperidine rings is 1. The molecule has 6 nitrogen and oxygen atoms in total. The van der Waals surface area contributed by atoms with Crippen LogP contribution in [0.5, 0.6) is 0 Å². The van der Waals surface area contributed by atoms with E-state index in [0.717, 1.165) is 63.6 Å². The summed E-state index contributed by atoms with van der Waals surface area (Å²) in [6, 6.07) is 12.2. The Labute approximate surface area is 167 Å². The van der Waals surface area contributed by atoms with Gasteiger partial charge in [0.2, 0.25) is 0 Å². The van der Waals surface area contributed by atoms with Crippen molar-refractivity contribution in [3.8, 4) is 0 Å². The third kappa shape index (κ3) is 4.44. The molecule has 0 spiro atoms. The van der Waals surface area contributed by atoms with Gasteiger partial charge in [0, 0.05) is 56.8 Å². The minimum atomic E-state index is 0.0929. The van der Waals surface area contributed by atoms with Crippen molar-refractivity contribution in [1.29, 1.82) is 0 Å². The van der Waals surface area contributed by atoms with Gasteiger partial charge in [-0.05, 0) is 62.7 Å². The second-order valence-corrected chi connectivity index (χ2v) is 7.75. The zero-order chi connectivity index (χ0) is 19.3. The number of likely N-dealkylation sites (tertiary alicyclic amines) is 1. The van der Waals surface area contributed by atoms with Gasteiger partial charge in [0.15, 0.2) is 0 Å². The highest BCUT2D eigenvalue weighted by Crippen LogP contribution is 2.22. The number of aromatic nitrogens is 1. The summed E-state index contributed by atoms with van der Waals surface area (Å²) in [6.07, 6.45) is 5.10. The summed E-state index contributed by atoms with van der Waals surface area (Å²) in [6.45, 7) is 6.06. The number of hydrogen-bond acceptors (Lipinski definition) is 5. The Morgan fingerprint density at radius 3 is 2.25 bits per heavy atom. The van der Waals surface area contributed by atoms with E-state index in [9.17, 15) is 4.79 Å². The molecular formula is C22H29N5O. The summed E-state index contributed by atoms with van der Waals surface area (Å²) in [5.41, 5.74) is 2.92.